The van der Waals surface area contributed by atoms with E-state index < -0.39 is 0 Å². The first-order valence-corrected chi connectivity index (χ1v) is 7.81. The van der Waals surface area contributed by atoms with Crippen molar-refractivity contribution in [3.63, 3.8) is 0 Å². The van der Waals surface area contributed by atoms with Crippen LogP contribution in [0.4, 0.5) is 5.82 Å². The number of anilines is 1. The number of aromatic nitrogens is 4. The van der Waals surface area contributed by atoms with Crippen LogP contribution in [-0.4, -0.2) is 26.0 Å². The smallest absolute Gasteiger partial charge is 0.163 e. The molecule has 0 aromatic rings. The number of nitrogens with one attached hydrogen (secondary N) is 2. The lowest BCUT2D eigenvalue weighted by Crippen LogP contribution is -2.17. The summed E-state index contributed by atoms with van der Waals surface area (Å²) in [5.74, 6) is 4.21. The summed E-state index contributed by atoms with van der Waals surface area (Å²) in [7, 11) is 0. The summed E-state index contributed by atoms with van der Waals surface area (Å²) in [6.45, 7) is 2.28. The number of hydrogen-bond donors (Lipinski definition) is 2. The molecule has 5 heteroatoms. The first-order chi connectivity index (χ1) is 9.83. The van der Waals surface area contributed by atoms with Crippen LogP contribution in [0.5, 0.6) is 0 Å². The van der Waals surface area contributed by atoms with E-state index in [9.17, 15) is 0 Å². The van der Waals surface area contributed by atoms with Crippen molar-refractivity contribution >= 4 is 5.82 Å². The molecule has 4 aliphatic rings. The van der Waals surface area contributed by atoms with Gasteiger partial charge in [0.1, 0.15) is 5.82 Å². The van der Waals surface area contributed by atoms with Crippen molar-refractivity contribution in [2.75, 3.05) is 5.32 Å². The van der Waals surface area contributed by atoms with Crippen molar-refractivity contribution in [2.45, 2.75) is 57.4 Å². The summed E-state index contributed by atoms with van der Waals surface area (Å²) in [5.41, 5.74) is 0.911. The van der Waals surface area contributed by atoms with Gasteiger partial charge < -0.3 is 10.3 Å². The largest absolute Gasteiger partial charge is 0.365 e. The number of aromatic amines is 1. The van der Waals surface area contributed by atoms with Gasteiger partial charge in [0.25, 0.3) is 0 Å². The maximum Gasteiger partial charge on any atom is 0.163 e. The molecule has 5 nitrogen and oxygen atoms in total. The van der Waals surface area contributed by atoms with E-state index in [-0.39, 0.29) is 0 Å². The number of H-pyrrole nitrogens is 1. The highest BCUT2D eigenvalue weighted by Gasteiger charge is 2.31. The number of imidazole rings is 1. The van der Waals surface area contributed by atoms with Gasteiger partial charge in [-0.25, -0.2) is 15.0 Å². The van der Waals surface area contributed by atoms with Gasteiger partial charge in [0, 0.05) is 12.0 Å². The molecule has 0 aromatic carbocycles. The van der Waals surface area contributed by atoms with Crippen LogP contribution in [0.3, 0.4) is 0 Å². The van der Waals surface area contributed by atoms with Crippen LogP contribution in [-0.2, 0) is 0 Å². The third-order valence-corrected chi connectivity index (χ3v) is 4.70. The maximum absolute atomic E-state index is 4.69. The molecule has 0 radical (unpaired) electrons. The molecule has 106 valence electrons. The molecule has 2 N–H and O–H groups in total. The molecule has 0 aromatic heterocycles. The van der Waals surface area contributed by atoms with E-state index in [1.807, 2.05) is 0 Å². The molecule has 0 bridgehead atoms. The van der Waals surface area contributed by atoms with Gasteiger partial charge in [-0.2, -0.15) is 0 Å². The van der Waals surface area contributed by atoms with Crippen molar-refractivity contribution in [3.05, 3.63) is 12.2 Å². The fraction of sp³-hybridized carbons (Fsp3) is 0.667. The van der Waals surface area contributed by atoms with Crippen LogP contribution in [0.15, 0.2) is 6.33 Å². The van der Waals surface area contributed by atoms with E-state index in [2.05, 4.69) is 32.2 Å². The minimum absolute atomic E-state index is 0.541. The Kier molecular flexibility index (Phi) is 2.86. The normalized spacial score (nSPS) is 26.2. The minimum Gasteiger partial charge on any atom is -0.365 e. The first-order valence-electron chi connectivity index (χ1n) is 7.81. The molecule has 2 unspecified atom stereocenters. The van der Waals surface area contributed by atoms with E-state index in [0.717, 1.165) is 29.1 Å². The van der Waals surface area contributed by atoms with Crippen molar-refractivity contribution < 1.29 is 0 Å². The summed E-state index contributed by atoms with van der Waals surface area (Å²) in [4.78, 5) is 16.8. The van der Waals surface area contributed by atoms with Crippen LogP contribution < -0.4 is 5.32 Å². The quantitative estimate of drug-likeness (QED) is 0.896. The van der Waals surface area contributed by atoms with E-state index in [4.69, 9.17) is 0 Å². The van der Waals surface area contributed by atoms with Crippen molar-refractivity contribution in [1.29, 1.82) is 0 Å². The van der Waals surface area contributed by atoms with Gasteiger partial charge in [-0.05, 0) is 38.0 Å². The summed E-state index contributed by atoms with van der Waals surface area (Å²) >= 11 is 0. The zero-order valence-corrected chi connectivity index (χ0v) is 11.9. The number of rotatable bonds is 4. The Morgan fingerprint density at radius 3 is 2.90 bits per heavy atom. The second-order valence-electron chi connectivity index (χ2n) is 6.23. The zero-order chi connectivity index (χ0) is 13.5. The highest BCUT2D eigenvalue weighted by Crippen LogP contribution is 2.40. The second-order valence-corrected chi connectivity index (χ2v) is 6.23. The topological polar surface area (TPSA) is 66.5 Å². The third-order valence-electron chi connectivity index (χ3n) is 4.70. The molecule has 2 aliphatic heterocycles. The molecule has 2 atom stereocenters. The minimum atomic E-state index is 0.541. The molecule has 2 saturated carbocycles. The van der Waals surface area contributed by atoms with Gasteiger partial charge >= 0.3 is 0 Å². The average Bonchev–Trinajstić information content (AvgIpc) is 3.06. The van der Waals surface area contributed by atoms with E-state index in [0.29, 0.717) is 12.0 Å². The van der Waals surface area contributed by atoms with Crippen molar-refractivity contribution in [2.24, 2.45) is 5.92 Å². The van der Waals surface area contributed by atoms with Crippen LogP contribution in [0.2, 0.25) is 0 Å². The molecular formula is C15H21N5. The Balaban J connectivity index is 1.57. The van der Waals surface area contributed by atoms with Crippen LogP contribution in [0, 0.1) is 5.92 Å². The highest BCUT2D eigenvalue weighted by atomic mass is 15.1. The van der Waals surface area contributed by atoms with Gasteiger partial charge in [0.2, 0.25) is 0 Å². The monoisotopic (exact) mass is 271 g/mol. The molecular weight excluding hydrogens is 250 g/mol. The average molecular weight is 271 g/mol. The fourth-order valence-electron chi connectivity index (χ4n) is 3.24. The summed E-state index contributed by atoms with van der Waals surface area (Å²) < 4.78 is 0. The van der Waals surface area contributed by atoms with E-state index in [1.54, 1.807) is 6.33 Å². The molecule has 0 spiro atoms. The van der Waals surface area contributed by atoms with Gasteiger partial charge in [-0.3, -0.25) is 0 Å². The second kappa shape index (κ2) is 4.72. The lowest BCUT2D eigenvalue weighted by atomic mass is 10.1. The van der Waals surface area contributed by atoms with Gasteiger partial charge in [0.05, 0.1) is 6.33 Å². The van der Waals surface area contributed by atoms with Gasteiger partial charge in [-0.15, -0.1) is 0 Å². The molecule has 0 saturated heterocycles. The van der Waals surface area contributed by atoms with Crippen molar-refractivity contribution in [3.8, 4) is 11.5 Å². The van der Waals surface area contributed by atoms with Gasteiger partial charge in [-0.1, -0.05) is 13.3 Å². The molecule has 2 aliphatic carbocycles. The van der Waals surface area contributed by atoms with E-state index in [1.165, 1.54) is 38.5 Å². The third kappa shape index (κ3) is 2.15. The SMILES string of the molecule is CCC1CCC(Nc2nc[nH]c3nc(C4CC4)nc2-3)C1. The summed E-state index contributed by atoms with van der Waals surface area (Å²) in [6.07, 6.45) is 9.29. The Morgan fingerprint density at radius 2 is 2.15 bits per heavy atom. The standard InChI is InChI=1S/C15H21N5/c1-2-9-3-6-11(7-9)18-14-12-15(17-8-16-14)20-13(19-12)10-4-5-10/h8-11H,2-7H2,1H3,(H2,16,17,18,19,20). The Bertz CT molecular complexity index is 574. The Morgan fingerprint density at radius 1 is 1.25 bits per heavy atom. The predicted molar refractivity (Wildman–Crippen MR) is 77.8 cm³/mol. The number of nitrogens with zero attached hydrogens (tertiary/aromatic N) is 3. The number of fused-ring (bicyclic) bond motifs is 1. The van der Waals surface area contributed by atoms with Crippen LogP contribution in [0.1, 0.15) is 57.2 Å². The Hall–Kier alpha value is -1.65. The molecule has 0 amide bonds. The fourth-order valence-corrected chi connectivity index (χ4v) is 3.24. The maximum atomic E-state index is 4.69. The molecule has 2 fully saturated rings. The molecule has 2 heterocycles. The Labute approximate surface area is 119 Å². The van der Waals surface area contributed by atoms with Crippen molar-refractivity contribution in [1.82, 2.24) is 19.9 Å². The molecule has 20 heavy (non-hydrogen) atoms. The summed E-state index contributed by atoms with van der Waals surface area (Å²) in [5, 5.41) is 3.59. The van der Waals surface area contributed by atoms with Crippen LogP contribution >= 0.6 is 0 Å². The lowest BCUT2D eigenvalue weighted by molar-refractivity contribution is 0.524. The number of hydrogen-bond acceptors (Lipinski definition) is 4. The first kappa shape index (κ1) is 12.1. The highest BCUT2D eigenvalue weighted by molar-refractivity contribution is 5.67. The van der Waals surface area contributed by atoms with Crippen LogP contribution in [0.25, 0.3) is 11.5 Å². The lowest BCUT2D eigenvalue weighted by Gasteiger charge is -2.14. The molecule has 4 rings (SSSR count). The van der Waals surface area contributed by atoms with E-state index >= 15 is 0 Å². The van der Waals surface area contributed by atoms with Gasteiger partial charge in [0.15, 0.2) is 17.3 Å². The summed E-state index contributed by atoms with van der Waals surface area (Å²) in [6, 6.07) is 0.541. The zero-order valence-electron chi connectivity index (χ0n) is 11.9. The predicted octanol–water partition coefficient (Wildman–Crippen LogP) is 3.17.